The van der Waals surface area contributed by atoms with Crippen molar-refractivity contribution in [3.63, 3.8) is 0 Å². The molecule has 0 aromatic heterocycles. The average molecular weight is 227 g/mol. The lowest BCUT2D eigenvalue weighted by Gasteiger charge is -2.34. The lowest BCUT2D eigenvalue weighted by molar-refractivity contribution is -0.132. The molecule has 15 heavy (non-hydrogen) atoms. The summed E-state index contributed by atoms with van der Waals surface area (Å²) in [5.41, 5.74) is 0. The summed E-state index contributed by atoms with van der Waals surface area (Å²) in [7, 11) is 0. The second-order valence-corrected chi connectivity index (χ2v) is 4.38. The third kappa shape index (κ3) is 4.10. The molecule has 1 aliphatic rings. The smallest absolute Gasteiger partial charge is 0.223 e. The van der Waals surface area contributed by atoms with Gasteiger partial charge in [-0.3, -0.25) is 4.79 Å². The second-order valence-electron chi connectivity index (χ2n) is 3.50. The van der Waals surface area contributed by atoms with Gasteiger partial charge in [-0.05, 0) is 18.3 Å². The van der Waals surface area contributed by atoms with Crippen LogP contribution in [0.5, 0.6) is 0 Å². The maximum Gasteiger partial charge on any atom is 0.223 e. The van der Waals surface area contributed by atoms with Crippen LogP contribution >= 0.6 is 11.8 Å². The summed E-state index contributed by atoms with van der Waals surface area (Å²) in [6, 6.07) is 0. The van der Waals surface area contributed by atoms with Gasteiger partial charge in [-0.15, -0.1) is 0 Å². The number of amides is 1. The Morgan fingerprint density at radius 2 is 2.07 bits per heavy atom. The Kier molecular flexibility index (Phi) is 5.51. The zero-order valence-corrected chi connectivity index (χ0v) is 9.92. The van der Waals surface area contributed by atoms with Gasteiger partial charge >= 0.3 is 0 Å². The highest BCUT2D eigenvalue weighted by atomic mass is 32.2. The molecule has 1 rings (SSSR count). The summed E-state index contributed by atoms with van der Waals surface area (Å²) in [4.78, 5) is 15.9. The van der Waals surface area contributed by atoms with Crippen LogP contribution in [0.2, 0.25) is 0 Å². The van der Waals surface area contributed by atoms with Gasteiger partial charge < -0.3 is 9.80 Å². The van der Waals surface area contributed by atoms with Crippen LogP contribution in [0.3, 0.4) is 0 Å². The second kappa shape index (κ2) is 6.70. The van der Waals surface area contributed by atoms with Gasteiger partial charge in [-0.1, -0.05) is 6.92 Å². The quantitative estimate of drug-likeness (QED) is 0.525. The summed E-state index contributed by atoms with van der Waals surface area (Å²) in [5.74, 6) is 0.803. The van der Waals surface area contributed by atoms with E-state index in [1.807, 2.05) is 10.3 Å². The first-order valence-corrected chi connectivity index (χ1v) is 6.27. The van der Waals surface area contributed by atoms with E-state index in [0.717, 1.165) is 44.5 Å². The minimum Gasteiger partial charge on any atom is -0.340 e. The van der Waals surface area contributed by atoms with E-state index in [-0.39, 0.29) is 5.91 Å². The van der Waals surface area contributed by atoms with E-state index in [2.05, 4.69) is 11.8 Å². The van der Waals surface area contributed by atoms with Crippen molar-refractivity contribution in [3.05, 3.63) is 0 Å². The van der Waals surface area contributed by atoms with Gasteiger partial charge in [-0.2, -0.15) is 5.26 Å². The number of rotatable bonds is 4. The first-order chi connectivity index (χ1) is 7.27. The number of nitriles is 1. The first-order valence-electron chi connectivity index (χ1n) is 5.29. The Morgan fingerprint density at radius 1 is 1.40 bits per heavy atom. The molecule has 0 spiro atoms. The number of piperazine rings is 1. The molecule has 84 valence electrons. The molecule has 0 saturated carbocycles. The third-order valence-corrected chi connectivity index (χ3v) is 3.19. The number of thioether (sulfide) groups is 1. The molecule has 0 unspecified atom stereocenters. The summed E-state index contributed by atoms with van der Waals surface area (Å²) in [5, 5.41) is 10.3. The van der Waals surface area contributed by atoms with Gasteiger partial charge in [0, 0.05) is 38.4 Å². The molecule has 0 N–H and O–H groups in total. The van der Waals surface area contributed by atoms with E-state index in [4.69, 9.17) is 5.26 Å². The van der Waals surface area contributed by atoms with Crippen molar-refractivity contribution < 1.29 is 4.79 Å². The number of nitrogens with zero attached hydrogens (tertiary/aromatic N) is 3. The Morgan fingerprint density at radius 3 is 2.60 bits per heavy atom. The highest BCUT2D eigenvalue weighted by Crippen LogP contribution is 2.06. The van der Waals surface area contributed by atoms with Crippen molar-refractivity contribution >= 4 is 17.7 Å². The summed E-state index contributed by atoms with van der Waals surface area (Å²) >= 11 is 1.15. The Hall–Kier alpha value is -0.730. The van der Waals surface area contributed by atoms with Crippen LogP contribution in [0.15, 0.2) is 0 Å². The van der Waals surface area contributed by atoms with E-state index in [0.29, 0.717) is 12.2 Å². The monoisotopic (exact) mass is 227 g/mol. The van der Waals surface area contributed by atoms with Crippen molar-refractivity contribution in [2.24, 2.45) is 0 Å². The maximum atomic E-state index is 11.7. The zero-order chi connectivity index (χ0) is 11.1. The van der Waals surface area contributed by atoms with E-state index >= 15 is 0 Å². The number of thiocyanates is 1. The van der Waals surface area contributed by atoms with Gasteiger partial charge in [0.15, 0.2) is 0 Å². The molecule has 0 atom stereocenters. The lowest BCUT2D eigenvalue weighted by atomic mass is 10.3. The zero-order valence-electron chi connectivity index (χ0n) is 9.11. The Bertz CT molecular complexity index is 244. The maximum absolute atomic E-state index is 11.7. The van der Waals surface area contributed by atoms with E-state index < -0.39 is 0 Å². The predicted molar refractivity (Wildman–Crippen MR) is 61.4 cm³/mol. The molecule has 1 amide bonds. The van der Waals surface area contributed by atoms with Gasteiger partial charge in [0.05, 0.1) is 0 Å². The molecule has 1 aliphatic heterocycles. The van der Waals surface area contributed by atoms with Gasteiger partial charge in [-0.25, -0.2) is 0 Å². The summed E-state index contributed by atoms with van der Waals surface area (Å²) in [6.45, 7) is 6.84. The van der Waals surface area contributed by atoms with E-state index in [1.54, 1.807) is 0 Å². The van der Waals surface area contributed by atoms with Crippen LogP contribution in [0.4, 0.5) is 0 Å². The van der Waals surface area contributed by atoms with Gasteiger partial charge in [0.25, 0.3) is 0 Å². The van der Waals surface area contributed by atoms with Crippen LogP contribution < -0.4 is 0 Å². The van der Waals surface area contributed by atoms with Crippen LogP contribution in [0.25, 0.3) is 0 Å². The number of carbonyl (C=O) groups excluding carboxylic acids is 1. The largest absolute Gasteiger partial charge is 0.340 e. The fraction of sp³-hybridized carbons (Fsp3) is 0.800. The molecule has 1 heterocycles. The average Bonchev–Trinajstić information content (AvgIpc) is 2.29. The topological polar surface area (TPSA) is 47.3 Å². The molecule has 0 aliphatic carbocycles. The number of carbonyl (C=O) groups is 1. The lowest BCUT2D eigenvalue weighted by Crippen LogP contribution is -2.48. The Labute approximate surface area is 95.2 Å². The molecule has 1 fully saturated rings. The number of likely N-dealkylation sites (N-methyl/N-ethyl adjacent to an activating group) is 1. The molecule has 0 radical (unpaired) electrons. The van der Waals surface area contributed by atoms with Crippen LogP contribution in [0, 0.1) is 10.7 Å². The number of hydrogen-bond acceptors (Lipinski definition) is 4. The minimum atomic E-state index is 0.188. The van der Waals surface area contributed by atoms with Crippen molar-refractivity contribution in [2.75, 3.05) is 38.5 Å². The fourth-order valence-electron chi connectivity index (χ4n) is 1.66. The fourth-order valence-corrected chi connectivity index (χ4v) is 2.02. The standard InChI is InChI=1S/C10H17N3OS/c1-2-12-4-6-13(7-5-12)10(14)3-8-15-9-11/h2-8H2,1H3. The van der Waals surface area contributed by atoms with Crippen LogP contribution in [0.1, 0.15) is 13.3 Å². The highest BCUT2D eigenvalue weighted by Gasteiger charge is 2.19. The van der Waals surface area contributed by atoms with Crippen molar-refractivity contribution in [1.82, 2.24) is 9.80 Å². The molecule has 5 heteroatoms. The van der Waals surface area contributed by atoms with Crippen molar-refractivity contribution in [1.29, 1.82) is 5.26 Å². The van der Waals surface area contributed by atoms with Crippen LogP contribution in [-0.4, -0.2) is 54.2 Å². The van der Waals surface area contributed by atoms with Crippen LogP contribution in [-0.2, 0) is 4.79 Å². The third-order valence-electron chi connectivity index (χ3n) is 2.65. The van der Waals surface area contributed by atoms with Gasteiger partial charge in [0.2, 0.25) is 5.91 Å². The molecule has 0 aromatic carbocycles. The highest BCUT2D eigenvalue weighted by molar-refractivity contribution is 8.03. The van der Waals surface area contributed by atoms with Crippen molar-refractivity contribution in [3.8, 4) is 5.40 Å². The normalized spacial score (nSPS) is 17.5. The minimum absolute atomic E-state index is 0.188. The molecular formula is C10H17N3OS. The molecule has 1 saturated heterocycles. The molecular weight excluding hydrogens is 210 g/mol. The first kappa shape index (κ1) is 12.3. The van der Waals surface area contributed by atoms with E-state index in [9.17, 15) is 4.79 Å². The SMILES string of the molecule is CCN1CCN(C(=O)CCSC#N)CC1. The summed E-state index contributed by atoms with van der Waals surface area (Å²) in [6.07, 6.45) is 0.490. The molecule has 0 bridgehead atoms. The Balaban J connectivity index is 2.21. The molecule has 4 nitrogen and oxygen atoms in total. The van der Waals surface area contributed by atoms with E-state index in [1.165, 1.54) is 0 Å². The molecule has 0 aromatic rings. The summed E-state index contributed by atoms with van der Waals surface area (Å²) < 4.78 is 0. The van der Waals surface area contributed by atoms with Crippen molar-refractivity contribution in [2.45, 2.75) is 13.3 Å². The number of hydrogen-bond donors (Lipinski definition) is 0. The predicted octanol–water partition coefficient (Wildman–Crippen LogP) is 0.755. The van der Waals surface area contributed by atoms with Gasteiger partial charge in [0.1, 0.15) is 5.40 Å².